The number of hydrogen-bond donors (Lipinski definition) is 2. The Hall–Kier alpha value is -1.82. The first-order valence-corrected chi connectivity index (χ1v) is 7.34. The molecule has 1 amide bonds. The van der Waals surface area contributed by atoms with Crippen molar-refractivity contribution in [3.05, 3.63) is 29.6 Å². The minimum Gasteiger partial charge on any atom is -0.494 e. The van der Waals surface area contributed by atoms with Crippen LogP contribution in [0.5, 0.6) is 5.75 Å². The van der Waals surface area contributed by atoms with Crippen LogP contribution in [0.15, 0.2) is 18.2 Å². The number of amides is 1. The number of hydrogen-bond acceptors (Lipinski definition) is 3. The molecule has 1 aromatic carbocycles. The van der Waals surface area contributed by atoms with Gasteiger partial charge in [-0.15, -0.1) is 12.4 Å². The third-order valence-electron chi connectivity index (χ3n) is 4.02. The molecule has 0 bridgehead atoms. The van der Waals surface area contributed by atoms with Gasteiger partial charge in [0.25, 0.3) is 0 Å². The fourth-order valence-corrected chi connectivity index (χ4v) is 2.77. The summed E-state index contributed by atoms with van der Waals surface area (Å²) in [5, 5.41) is 11.8. The maximum Gasteiger partial charge on any atom is 0.306 e. The smallest absolute Gasteiger partial charge is 0.306 e. The molecule has 2 rings (SSSR count). The van der Waals surface area contributed by atoms with E-state index < -0.39 is 11.8 Å². The number of methoxy groups -OCH3 is 1. The van der Waals surface area contributed by atoms with Crippen LogP contribution in [0.2, 0.25) is 0 Å². The first-order chi connectivity index (χ1) is 10.5. The average molecular weight is 346 g/mol. The zero-order valence-electron chi connectivity index (χ0n) is 12.9. The second-order valence-electron chi connectivity index (χ2n) is 5.60. The van der Waals surface area contributed by atoms with Crippen LogP contribution in [-0.4, -0.2) is 30.1 Å². The van der Waals surface area contributed by atoms with Crippen molar-refractivity contribution in [1.29, 1.82) is 0 Å². The van der Waals surface area contributed by atoms with E-state index in [1.165, 1.54) is 19.2 Å². The van der Waals surface area contributed by atoms with Crippen molar-refractivity contribution in [2.45, 2.75) is 38.1 Å². The number of carboxylic acids is 1. The Labute approximate surface area is 140 Å². The maximum atomic E-state index is 13.6. The number of carbonyl (C=O) groups is 2. The number of carbonyl (C=O) groups excluding carboxylic acids is 1. The van der Waals surface area contributed by atoms with E-state index in [0.29, 0.717) is 31.2 Å². The Morgan fingerprint density at radius 3 is 2.48 bits per heavy atom. The number of rotatable bonds is 5. The van der Waals surface area contributed by atoms with Crippen LogP contribution in [0.1, 0.15) is 31.2 Å². The maximum absolute atomic E-state index is 13.6. The summed E-state index contributed by atoms with van der Waals surface area (Å²) in [5.74, 6) is -1.59. The molecule has 1 saturated carbocycles. The Balaban J connectivity index is 0.00000264. The van der Waals surface area contributed by atoms with E-state index in [0.717, 1.165) is 0 Å². The van der Waals surface area contributed by atoms with Gasteiger partial charge in [-0.3, -0.25) is 9.59 Å². The molecule has 0 spiro atoms. The fourth-order valence-electron chi connectivity index (χ4n) is 2.77. The van der Waals surface area contributed by atoms with E-state index >= 15 is 0 Å². The van der Waals surface area contributed by atoms with Crippen molar-refractivity contribution in [1.82, 2.24) is 5.32 Å². The van der Waals surface area contributed by atoms with Crippen molar-refractivity contribution in [2.24, 2.45) is 5.92 Å². The predicted octanol–water partition coefficient (Wildman–Crippen LogP) is 2.56. The highest BCUT2D eigenvalue weighted by Crippen LogP contribution is 2.24. The molecule has 0 atom stereocenters. The molecule has 5 nitrogen and oxygen atoms in total. The Kier molecular flexibility index (Phi) is 7.29. The minimum absolute atomic E-state index is 0. The number of aliphatic carboxylic acids is 1. The molecule has 0 aliphatic heterocycles. The monoisotopic (exact) mass is 345 g/mol. The normalized spacial score (nSPS) is 20.3. The van der Waals surface area contributed by atoms with Crippen LogP contribution in [0.3, 0.4) is 0 Å². The van der Waals surface area contributed by atoms with E-state index in [1.807, 2.05) is 0 Å². The van der Waals surface area contributed by atoms with Gasteiger partial charge in [0, 0.05) is 6.04 Å². The van der Waals surface area contributed by atoms with Crippen LogP contribution in [-0.2, 0) is 16.0 Å². The van der Waals surface area contributed by atoms with Gasteiger partial charge in [-0.25, -0.2) is 4.39 Å². The summed E-state index contributed by atoms with van der Waals surface area (Å²) in [6, 6.07) is 4.45. The zero-order valence-corrected chi connectivity index (χ0v) is 13.7. The lowest BCUT2D eigenvalue weighted by atomic mass is 9.86. The van der Waals surface area contributed by atoms with Gasteiger partial charge >= 0.3 is 5.97 Å². The van der Waals surface area contributed by atoms with Gasteiger partial charge in [0.15, 0.2) is 11.6 Å². The molecular formula is C16H21ClFNO4. The minimum atomic E-state index is -0.765. The summed E-state index contributed by atoms with van der Waals surface area (Å²) in [4.78, 5) is 22.9. The largest absolute Gasteiger partial charge is 0.494 e. The van der Waals surface area contributed by atoms with E-state index in [2.05, 4.69) is 5.32 Å². The van der Waals surface area contributed by atoms with E-state index in [-0.39, 0.29) is 42.4 Å². The third kappa shape index (κ3) is 5.39. The molecule has 128 valence electrons. The number of benzene rings is 1. The van der Waals surface area contributed by atoms with Crippen LogP contribution in [0.25, 0.3) is 0 Å². The van der Waals surface area contributed by atoms with Crippen molar-refractivity contribution in [3.8, 4) is 5.75 Å². The standard InChI is InChI=1S/C16H20FNO4.ClH/c1-22-14-7-2-10(8-13(14)17)9-15(19)18-12-5-3-11(4-6-12)16(20)21;/h2,7-8,11-12H,3-6,9H2,1H3,(H,18,19)(H,20,21);1H. The molecule has 0 heterocycles. The SMILES string of the molecule is COc1ccc(CC(=O)NC2CCC(C(=O)O)CC2)cc1F.Cl. The fraction of sp³-hybridized carbons (Fsp3) is 0.500. The predicted molar refractivity (Wildman–Crippen MR) is 85.4 cm³/mol. The summed E-state index contributed by atoms with van der Waals surface area (Å²) in [5.41, 5.74) is 0.579. The quantitative estimate of drug-likeness (QED) is 0.860. The van der Waals surface area contributed by atoms with Gasteiger partial charge in [0.2, 0.25) is 5.91 Å². The molecule has 0 aromatic heterocycles. The molecule has 0 saturated heterocycles. The highest BCUT2D eigenvalue weighted by Gasteiger charge is 2.26. The van der Waals surface area contributed by atoms with Crippen LogP contribution < -0.4 is 10.1 Å². The van der Waals surface area contributed by atoms with E-state index in [9.17, 15) is 14.0 Å². The first kappa shape index (κ1) is 19.2. The third-order valence-corrected chi connectivity index (χ3v) is 4.02. The summed E-state index contributed by atoms with van der Waals surface area (Å²) >= 11 is 0. The van der Waals surface area contributed by atoms with Gasteiger partial charge in [-0.05, 0) is 43.4 Å². The van der Waals surface area contributed by atoms with Gasteiger partial charge in [-0.2, -0.15) is 0 Å². The van der Waals surface area contributed by atoms with Crippen LogP contribution in [0, 0.1) is 11.7 Å². The first-order valence-electron chi connectivity index (χ1n) is 7.34. The van der Waals surface area contributed by atoms with Gasteiger partial charge in [0.1, 0.15) is 0 Å². The van der Waals surface area contributed by atoms with Crippen LogP contribution >= 0.6 is 12.4 Å². The number of ether oxygens (including phenoxy) is 1. The lowest BCUT2D eigenvalue weighted by Crippen LogP contribution is -2.39. The molecule has 0 unspecified atom stereocenters. The summed E-state index contributed by atoms with van der Waals surface area (Å²) < 4.78 is 18.4. The van der Waals surface area contributed by atoms with Crippen molar-refractivity contribution in [2.75, 3.05) is 7.11 Å². The van der Waals surface area contributed by atoms with Crippen LogP contribution in [0.4, 0.5) is 4.39 Å². The van der Waals surface area contributed by atoms with E-state index in [1.54, 1.807) is 6.07 Å². The number of halogens is 2. The Morgan fingerprint density at radius 2 is 1.96 bits per heavy atom. The zero-order chi connectivity index (χ0) is 16.1. The molecule has 1 aliphatic carbocycles. The van der Waals surface area contributed by atoms with Crippen molar-refractivity contribution >= 4 is 24.3 Å². The molecule has 1 aliphatic rings. The number of carboxylic acid groups (broad SMARTS) is 1. The Morgan fingerprint density at radius 1 is 1.30 bits per heavy atom. The van der Waals surface area contributed by atoms with Gasteiger partial charge in [0.05, 0.1) is 19.4 Å². The highest BCUT2D eigenvalue weighted by atomic mass is 35.5. The molecule has 0 radical (unpaired) electrons. The van der Waals surface area contributed by atoms with E-state index in [4.69, 9.17) is 9.84 Å². The highest BCUT2D eigenvalue weighted by molar-refractivity contribution is 5.85. The van der Waals surface area contributed by atoms with Crippen molar-refractivity contribution in [3.63, 3.8) is 0 Å². The molecular weight excluding hydrogens is 325 g/mol. The summed E-state index contributed by atoms with van der Waals surface area (Å²) in [7, 11) is 1.39. The molecule has 1 aromatic rings. The molecule has 2 N–H and O–H groups in total. The van der Waals surface area contributed by atoms with Gasteiger partial charge in [-0.1, -0.05) is 6.07 Å². The second kappa shape index (κ2) is 8.72. The second-order valence-corrected chi connectivity index (χ2v) is 5.60. The lowest BCUT2D eigenvalue weighted by Gasteiger charge is -2.26. The topological polar surface area (TPSA) is 75.6 Å². The summed E-state index contributed by atoms with van der Waals surface area (Å²) in [6.45, 7) is 0. The summed E-state index contributed by atoms with van der Waals surface area (Å²) in [6.07, 6.45) is 2.59. The molecule has 1 fully saturated rings. The van der Waals surface area contributed by atoms with Crippen molar-refractivity contribution < 1.29 is 23.8 Å². The molecule has 23 heavy (non-hydrogen) atoms. The average Bonchev–Trinajstić information content (AvgIpc) is 2.48. The molecule has 7 heteroatoms. The van der Waals surface area contributed by atoms with Gasteiger partial charge < -0.3 is 15.2 Å². The number of nitrogens with one attached hydrogen (secondary N) is 1. The lowest BCUT2D eigenvalue weighted by molar-refractivity contribution is -0.142. The Bertz CT molecular complexity index is 559.